The Hall–Kier alpha value is -1.87. The summed E-state index contributed by atoms with van der Waals surface area (Å²) in [5.41, 5.74) is 0.979. The largest absolute Gasteiger partial charge is 0.306 e. The molecule has 2 aromatic rings. The van der Waals surface area contributed by atoms with Crippen molar-refractivity contribution in [2.24, 2.45) is 0 Å². The van der Waals surface area contributed by atoms with Gasteiger partial charge in [-0.15, -0.1) is 10.2 Å². The fourth-order valence-corrected chi connectivity index (χ4v) is 4.44. The highest BCUT2D eigenvalue weighted by Gasteiger charge is 2.22. The lowest BCUT2D eigenvalue weighted by atomic mass is 10.1. The van der Waals surface area contributed by atoms with Crippen molar-refractivity contribution in [1.29, 1.82) is 0 Å². The Labute approximate surface area is 157 Å². The van der Waals surface area contributed by atoms with E-state index in [0.717, 1.165) is 43.0 Å². The summed E-state index contributed by atoms with van der Waals surface area (Å²) >= 11 is 1.42. The molecular weight excluding hydrogens is 372 g/mol. The van der Waals surface area contributed by atoms with Crippen LogP contribution in [0.3, 0.4) is 0 Å². The highest BCUT2D eigenvalue weighted by Crippen LogP contribution is 2.27. The number of fused-ring (bicyclic) bond motifs is 1. The van der Waals surface area contributed by atoms with Gasteiger partial charge in [0.25, 0.3) is 0 Å². The van der Waals surface area contributed by atoms with Crippen LogP contribution < -0.4 is 4.72 Å². The van der Waals surface area contributed by atoms with E-state index in [1.807, 2.05) is 6.92 Å². The van der Waals surface area contributed by atoms with Crippen LogP contribution in [0.25, 0.3) is 0 Å². The van der Waals surface area contributed by atoms with Crippen LogP contribution in [-0.4, -0.2) is 40.5 Å². The molecule has 1 aliphatic heterocycles. The van der Waals surface area contributed by atoms with E-state index in [9.17, 15) is 13.2 Å². The van der Waals surface area contributed by atoms with Crippen LogP contribution >= 0.6 is 11.8 Å². The van der Waals surface area contributed by atoms with Gasteiger partial charge in [0.15, 0.2) is 10.9 Å². The predicted octanol–water partition coefficient (Wildman–Crippen LogP) is 2.74. The summed E-state index contributed by atoms with van der Waals surface area (Å²) in [6.45, 7) is 2.76. The molecule has 1 aromatic heterocycles. The van der Waals surface area contributed by atoms with Crippen molar-refractivity contribution in [3.05, 3.63) is 35.7 Å². The third-order valence-corrected chi connectivity index (χ3v) is 5.89. The van der Waals surface area contributed by atoms with E-state index in [0.29, 0.717) is 11.3 Å². The molecule has 2 heterocycles. The molecule has 0 amide bonds. The van der Waals surface area contributed by atoms with Crippen LogP contribution in [0.4, 0.5) is 5.69 Å². The summed E-state index contributed by atoms with van der Waals surface area (Å²) in [5.74, 6) is 0.979. The van der Waals surface area contributed by atoms with Crippen molar-refractivity contribution in [3.8, 4) is 0 Å². The number of aryl methyl sites for hydroxylation is 1. The lowest BCUT2D eigenvalue weighted by Gasteiger charge is -2.12. The van der Waals surface area contributed by atoms with Gasteiger partial charge in [-0.3, -0.25) is 9.52 Å². The molecule has 0 aliphatic carbocycles. The second kappa shape index (κ2) is 7.79. The van der Waals surface area contributed by atoms with Crippen molar-refractivity contribution in [2.45, 2.75) is 49.6 Å². The molecule has 0 saturated carbocycles. The molecule has 0 fully saturated rings. The number of carbonyl (C=O) groups is 1. The Morgan fingerprint density at radius 1 is 1.19 bits per heavy atom. The van der Waals surface area contributed by atoms with E-state index in [1.165, 1.54) is 18.2 Å². The second-order valence-electron chi connectivity index (χ2n) is 6.44. The van der Waals surface area contributed by atoms with Gasteiger partial charge in [0.2, 0.25) is 10.0 Å². The van der Waals surface area contributed by atoms with Crippen LogP contribution in [0.1, 0.15) is 42.4 Å². The Bertz CT molecular complexity index is 891. The van der Waals surface area contributed by atoms with Crippen molar-refractivity contribution >= 4 is 33.3 Å². The summed E-state index contributed by atoms with van der Waals surface area (Å²) in [6.07, 6.45) is 5.45. The fourth-order valence-electron chi connectivity index (χ4n) is 2.91. The number of thioether (sulfide) groups is 1. The minimum Gasteiger partial charge on any atom is -0.306 e. The molecule has 0 saturated heterocycles. The zero-order valence-electron chi connectivity index (χ0n) is 14.8. The van der Waals surface area contributed by atoms with E-state index in [2.05, 4.69) is 19.5 Å². The number of benzene rings is 1. The number of ketones is 1. The summed E-state index contributed by atoms with van der Waals surface area (Å²) in [6, 6.07) is 6.46. The van der Waals surface area contributed by atoms with Gasteiger partial charge in [-0.1, -0.05) is 18.2 Å². The first-order valence-electron chi connectivity index (χ1n) is 8.54. The molecule has 140 valence electrons. The van der Waals surface area contributed by atoms with Crippen LogP contribution in [0.15, 0.2) is 29.4 Å². The molecule has 1 N–H and O–H groups in total. The highest BCUT2D eigenvalue weighted by molar-refractivity contribution is 8.00. The molecule has 1 unspecified atom stereocenters. The summed E-state index contributed by atoms with van der Waals surface area (Å²) in [7, 11) is -3.33. The van der Waals surface area contributed by atoms with E-state index in [-0.39, 0.29) is 11.0 Å². The van der Waals surface area contributed by atoms with Crippen LogP contribution in [0, 0.1) is 0 Å². The number of Topliss-reactive ketones (excluding diaryl/α,β-unsaturated/α-hetero) is 1. The Morgan fingerprint density at radius 2 is 1.92 bits per heavy atom. The zero-order valence-corrected chi connectivity index (χ0v) is 16.4. The summed E-state index contributed by atoms with van der Waals surface area (Å²) in [4.78, 5) is 12.7. The number of rotatable bonds is 6. The number of aromatic nitrogens is 3. The van der Waals surface area contributed by atoms with Crippen molar-refractivity contribution in [1.82, 2.24) is 14.8 Å². The van der Waals surface area contributed by atoms with Crippen molar-refractivity contribution < 1.29 is 13.2 Å². The minimum absolute atomic E-state index is 0.0214. The van der Waals surface area contributed by atoms with Crippen LogP contribution in [0.5, 0.6) is 0 Å². The average molecular weight is 395 g/mol. The molecule has 7 nitrogen and oxygen atoms in total. The van der Waals surface area contributed by atoms with Gasteiger partial charge >= 0.3 is 0 Å². The molecule has 0 radical (unpaired) electrons. The third-order valence-electron chi connectivity index (χ3n) is 4.20. The summed E-state index contributed by atoms with van der Waals surface area (Å²) in [5, 5.41) is 9.00. The maximum absolute atomic E-state index is 12.7. The van der Waals surface area contributed by atoms with Crippen molar-refractivity contribution in [3.63, 3.8) is 0 Å². The average Bonchev–Trinajstić information content (AvgIpc) is 2.80. The first-order chi connectivity index (χ1) is 12.3. The molecule has 9 heteroatoms. The number of nitrogens with zero attached hydrogens (tertiary/aromatic N) is 3. The van der Waals surface area contributed by atoms with E-state index < -0.39 is 10.0 Å². The van der Waals surface area contributed by atoms with Gasteiger partial charge in [0, 0.05) is 24.2 Å². The van der Waals surface area contributed by atoms with Gasteiger partial charge in [0.1, 0.15) is 5.82 Å². The molecule has 1 atom stereocenters. The first-order valence-corrected chi connectivity index (χ1v) is 11.3. The van der Waals surface area contributed by atoms with E-state index >= 15 is 0 Å². The van der Waals surface area contributed by atoms with Crippen molar-refractivity contribution in [2.75, 3.05) is 11.0 Å². The normalized spacial score (nSPS) is 15.8. The number of carbonyl (C=O) groups excluding carboxylic acids is 1. The summed E-state index contributed by atoms with van der Waals surface area (Å²) < 4.78 is 27.0. The Balaban J connectivity index is 1.69. The van der Waals surface area contributed by atoms with Gasteiger partial charge in [-0.25, -0.2) is 8.42 Å². The number of sulfonamides is 1. The number of hydrogen-bond acceptors (Lipinski definition) is 6. The maximum atomic E-state index is 12.7. The molecule has 3 rings (SSSR count). The molecular formula is C17H22N4O3S2. The smallest absolute Gasteiger partial charge is 0.229 e. The lowest BCUT2D eigenvalue weighted by molar-refractivity contribution is 0.0994. The molecule has 1 aliphatic rings. The Kier molecular flexibility index (Phi) is 5.67. The zero-order chi connectivity index (χ0) is 18.7. The predicted molar refractivity (Wildman–Crippen MR) is 102 cm³/mol. The van der Waals surface area contributed by atoms with Gasteiger partial charge in [-0.05, 0) is 44.0 Å². The SMILES string of the molecule is CC(Sc1nnc2n1CCCCC2)C(=O)c1ccc(NS(C)(=O)=O)cc1. The second-order valence-corrected chi connectivity index (χ2v) is 9.49. The molecule has 0 spiro atoms. The topological polar surface area (TPSA) is 93.9 Å². The number of hydrogen-bond donors (Lipinski definition) is 1. The number of anilines is 1. The van der Waals surface area contributed by atoms with Gasteiger partial charge in [-0.2, -0.15) is 0 Å². The fraction of sp³-hybridized carbons (Fsp3) is 0.471. The molecule has 26 heavy (non-hydrogen) atoms. The standard InChI is InChI=1S/C17H22N4O3S2/c1-12(25-17-19-18-15-6-4-3-5-11-21(15)17)16(22)13-7-9-14(10-8-13)20-26(2,23)24/h7-10,12,20H,3-6,11H2,1-2H3. The van der Waals surface area contributed by atoms with Crippen LogP contribution in [0.2, 0.25) is 0 Å². The van der Waals surface area contributed by atoms with E-state index in [4.69, 9.17) is 0 Å². The minimum atomic E-state index is -3.33. The molecule has 1 aromatic carbocycles. The quantitative estimate of drug-likeness (QED) is 0.598. The Morgan fingerprint density at radius 3 is 2.62 bits per heavy atom. The first kappa shape index (κ1) is 18.9. The third kappa shape index (κ3) is 4.64. The monoisotopic (exact) mass is 394 g/mol. The van der Waals surface area contributed by atoms with Gasteiger partial charge < -0.3 is 4.57 Å². The van der Waals surface area contributed by atoms with Gasteiger partial charge in [0.05, 0.1) is 11.5 Å². The maximum Gasteiger partial charge on any atom is 0.229 e. The molecule has 0 bridgehead atoms. The number of nitrogens with one attached hydrogen (secondary N) is 1. The highest BCUT2D eigenvalue weighted by atomic mass is 32.2. The van der Waals surface area contributed by atoms with E-state index in [1.54, 1.807) is 24.3 Å². The lowest BCUT2D eigenvalue weighted by Crippen LogP contribution is -2.15. The van der Waals surface area contributed by atoms with Crippen LogP contribution in [-0.2, 0) is 23.0 Å².